The Labute approximate surface area is 165 Å². The first-order chi connectivity index (χ1) is 14.1. The van der Waals surface area contributed by atoms with Gasteiger partial charge in [-0.1, -0.05) is 10.4 Å². The van der Waals surface area contributed by atoms with Gasteiger partial charge in [0.15, 0.2) is 5.69 Å². The summed E-state index contributed by atoms with van der Waals surface area (Å²) in [5.74, 6) is -3.04. The number of hydrogen-bond acceptors (Lipinski definition) is 6. The van der Waals surface area contributed by atoms with Crippen molar-refractivity contribution in [3.05, 3.63) is 59.2 Å². The number of nitrogens with zero attached hydrogens (tertiary/aromatic N) is 4. The van der Waals surface area contributed by atoms with Crippen LogP contribution in [0.4, 0.5) is 22.0 Å². The van der Waals surface area contributed by atoms with Crippen LogP contribution in [-0.2, 0) is 19.3 Å². The van der Waals surface area contributed by atoms with Crippen molar-refractivity contribution in [2.45, 2.75) is 32.3 Å². The molecule has 0 unspecified atom stereocenters. The van der Waals surface area contributed by atoms with Gasteiger partial charge >= 0.3 is 6.18 Å². The van der Waals surface area contributed by atoms with Crippen LogP contribution in [0.5, 0.6) is 5.75 Å². The summed E-state index contributed by atoms with van der Waals surface area (Å²) in [5.41, 5.74) is -0.956. The van der Waals surface area contributed by atoms with E-state index in [0.717, 1.165) is 12.1 Å². The minimum Gasteiger partial charge on any atom is -0.487 e. The van der Waals surface area contributed by atoms with E-state index >= 15 is 0 Å². The van der Waals surface area contributed by atoms with Gasteiger partial charge in [-0.15, -0.1) is 5.10 Å². The summed E-state index contributed by atoms with van der Waals surface area (Å²) in [5, 5.41) is 12.9. The fourth-order valence-corrected chi connectivity index (χ4v) is 2.40. The van der Waals surface area contributed by atoms with Crippen LogP contribution in [0.15, 0.2) is 35.0 Å². The molecule has 0 aliphatic carbocycles. The van der Waals surface area contributed by atoms with E-state index in [1.165, 1.54) is 10.9 Å². The molecule has 0 saturated heterocycles. The third-order valence-electron chi connectivity index (χ3n) is 3.67. The van der Waals surface area contributed by atoms with Crippen LogP contribution < -0.4 is 10.1 Å². The van der Waals surface area contributed by atoms with Gasteiger partial charge in [0.2, 0.25) is 5.76 Å². The van der Waals surface area contributed by atoms with Gasteiger partial charge in [-0.05, 0) is 6.92 Å². The number of carbonyl (C=O) groups excluding carboxylic acids is 1. The highest BCUT2D eigenvalue weighted by atomic mass is 19.4. The lowest BCUT2D eigenvalue weighted by molar-refractivity contribution is -0.142. The summed E-state index contributed by atoms with van der Waals surface area (Å²) in [7, 11) is 0. The number of amides is 1. The van der Waals surface area contributed by atoms with E-state index in [0.29, 0.717) is 17.8 Å². The number of aromatic nitrogens is 4. The average molecular weight is 431 g/mol. The molecule has 0 fully saturated rings. The minimum atomic E-state index is -4.72. The lowest BCUT2D eigenvalue weighted by Gasteiger charge is -2.12. The largest absolute Gasteiger partial charge is 0.487 e. The highest BCUT2D eigenvalue weighted by molar-refractivity contribution is 5.91. The van der Waals surface area contributed by atoms with E-state index in [4.69, 9.17) is 4.74 Å². The Balaban J connectivity index is 1.52. The molecule has 3 aromatic rings. The van der Waals surface area contributed by atoms with Gasteiger partial charge in [-0.25, -0.2) is 8.78 Å². The van der Waals surface area contributed by atoms with Crippen molar-refractivity contribution in [2.75, 3.05) is 0 Å². The normalized spacial score (nSPS) is 12.6. The van der Waals surface area contributed by atoms with Crippen molar-refractivity contribution in [3.63, 3.8) is 0 Å². The maximum absolute atomic E-state index is 13.1. The van der Waals surface area contributed by atoms with Crippen LogP contribution >= 0.6 is 0 Å². The lowest BCUT2D eigenvalue weighted by atomic mass is 10.3. The standard InChI is InChI=1S/C17H14F5N5O3/c1-9(23-16(28)14-5-15(25-30-14)17(20,21)22)6-27-7-12(24-26-27)8-29-13-3-10(18)2-11(19)4-13/h2-5,7,9H,6,8H2,1H3,(H,23,28)/t9-/m0/s1. The molecule has 0 aliphatic rings. The van der Waals surface area contributed by atoms with Gasteiger partial charge in [0.1, 0.15) is 29.7 Å². The fourth-order valence-electron chi connectivity index (χ4n) is 2.40. The van der Waals surface area contributed by atoms with E-state index in [1.54, 1.807) is 6.92 Å². The Bertz CT molecular complexity index is 1010. The number of rotatable bonds is 7. The Morgan fingerprint density at radius 3 is 2.57 bits per heavy atom. The first kappa shape index (κ1) is 21.2. The summed E-state index contributed by atoms with van der Waals surface area (Å²) in [4.78, 5) is 12.0. The fraction of sp³-hybridized carbons (Fsp3) is 0.294. The van der Waals surface area contributed by atoms with Crippen LogP contribution in [0.25, 0.3) is 0 Å². The molecular weight excluding hydrogens is 417 g/mol. The Morgan fingerprint density at radius 2 is 1.93 bits per heavy atom. The SMILES string of the molecule is C[C@@H](Cn1cc(COc2cc(F)cc(F)c2)nn1)NC(=O)c1cc(C(F)(F)F)no1. The zero-order valence-electron chi connectivity index (χ0n) is 15.3. The zero-order chi connectivity index (χ0) is 21.9. The first-order valence-electron chi connectivity index (χ1n) is 8.43. The van der Waals surface area contributed by atoms with Crippen LogP contribution in [0, 0.1) is 11.6 Å². The second-order valence-electron chi connectivity index (χ2n) is 6.27. The van der Waals surface area contributed by atoms with Crippen molar-refractivity contribution >= 4 is 5.91 Å². The van der Waals surface area contributed by atoms with E-state index < -0.39 is 41.2 Å². The summed E-state index contributed by atoms with van der Waals surface area (Å²) >= 11 is 0. The third-order valence-corrected chi connectivity index (χ3v) is 3.67. The number of alkyl halides is 3. The molecular formula is C17H14F5N5O3. The molecule has 1 atom stereocenters. The zero-order valence-corrected chi connectivity index (χ0v) is 15.3. The topological polar surface area (TPSA) is 95.1 Å². The summed E-state index contributed by atoms with van der Waals surface area (Å²) < 4.78 is 74.8. The molecule has 0 saturated carbocycles. The molecule has 8 nitrogen and oxygen atoms in total. The average Bonchev–Trinajstić information content (AvgIpc) is 3.28. The molecule has 1 amide bonds. The van der Waals surface area contributed by atoms with Crippen LogP contribution in [0.1, 0.15) is 28.9 Å². The molecule has 0 aliphatic heterocycles. The van der Waals surface area contributed by atoms with E-state index in [9.17, 15) is 26.7 Å². The molecule has 0 spiro atoms. The molecule has 0 bridgehead atoms. The van der Waals surface area contributed by atoms with E-state index in [1.807, 2.05) is 0 Å². The molecule has 13 heteroatoms. The van der Waals surface area contributed by atoms with Crippen molar-refractivity contribution < 1.29 is 36.0 Å². The van der Waals surface area contributed by atoms with Gasteiger partial charge in [0.05, 0.1) is 12.7 Å². The molecule has 0 radical (unpaired) electrons. The van der Waals surface area contributed by atoms with Crippen LogP contribution in [0.3, 0.4) is 0 Å². The van der Waals surface area contributed by atoms with E-state index in [2.05, 4.69) is 25.3 Å². The van der Waals surface area contributed by atoms with Crippen LogP contribution in [-0.4, -0.2) is 32.1 Å². The summed E-state index contributed by atoms with van der Waals surface area (Å²) in [6.07, 6.45) is -3.24. The van der Waals surface area contributed by atoms with Crippen molar-refractivity contribution in [2.24, 2.45) is 0 Å². The molecule has 2 heterocycles. The maximum Gasteiger partial charge on any atom is 0.436 e. The monoisotopic (exact) mass is 431 g/mol. The van der Waals surface area contributed by atoms with E-state index in [-0.39, 0.29) is 18.9 Å². The van der Waals surface area contributed by atoms with Gasteiger partial charge < -0.3 is 14.6 Å². The van der Waals surface area contributed by atoms with Gasteiger partial charge in [-0.2, -0.15) is 13.2 Å². The van der Waals surface area contributed by atoms with Crippen molar-refractivity contribution in [1.29, 1.82) is 0 Å². The molecule has 1 N–H and O–H groups in total. The van der Waals surface area contributed by atoms with Crippen molar-refractivity contribution in [3.8, 4) is 5.75 Å². The lowest BCUT2D eigenvalue weighted by Crippen LogP contribution is -2.35. The van der Waals surface area contributed by atoms with Crippen molar-refractivity contribution in [1.82, 2.24) is 25.5 Å². The number of nitrogens with one attached hydrogen (secondary N) is 1. The Morgan fingerprint density at radius 1 is 1.23 bits per heavy atom. The smallest absolute Gasteiger partial charge is 0.436 e. The van der Waals surface area contributed by atoms with Gasteiger partial charge in [0.25, 0.3) is 5.91 Å². The molecule has 2 aromatic heterocycles. The number of halogens is 5. The predicted molar refractivity (Wildman–Crippen MR) is 89.1 cm³/mol. The summed E-state index contributed by atoms with van der Waals surface area (Å²) in [6.45, 7) is 1.61. The second kappa shape index (κ2) is 8.47. The number of ether oxygens (including phenoxy) is 1. The first-order valence-corrected chi connectivity index (χ1v) is 8.43. The third kappa shape index (κ3) is 5.52. The van der Waals surface area contributed by atoms with Gasteiger partial charge in [-0.3, -0.25) is 9.48 Å². The molecule has 160 valence electrons. The maximum atomic E-state index is 13.1. The molecule has 1 aromatic carbocycles. The molecule has 3 rings (SSSR count). The summed E-state index contributed by atoms with van der Waals surface area (Å²) in [6, 6.07) is 2.69. The number of benzene rings is 1. The number of hydrogen-bond donors (Lipinski definition) is 1. The van der Waals surface area contributed by atoms with Crippen LogP contribution in [0.2, 0.25) is 0 Å². The Kier molecular flexibility index (Phi) is 5.99. The highest BCUT2D eigenvalue weighted by Crippen LogP contribution is 2.28. The molecule has 30 heavy (non-hydrogen) atoms. The predicted octanol–water partition coefficient (Wildman–Crippen LogP) is 2.96. The van der Waals surface area contributed by atoms with Gasteiger partial charge in [0, 0.05) is 30.3 Å². The quantitative estimate of drug-likeness (QED) is 0.578. The highest BCUT2D eigenvalue weighted by Gasteiger charge is 2.36. The second-order valence-corrected chi connectivity index (χ2v) is 6.27. The Hall–Kier alpha value is -3.51. The number of carbonyl (C=O) groups is 1. The minimum absolute atomic E-state index is 0.0204.